The SMILES string of the molecule is C=CC(=O)NC1CCCC(Nc2nc(N/C(C)=C/N(C)N=C)ncc2C)C1. The van der Waals surface area contributed by atoms with E-state index in [-0.39, 0.29) is 18.0 Å². The Morgan fingerprint density at radius 3 is 2.85 bits per heavy atom. The van der Waals surface area contributed by atoms with Gasteiger partial charge in [-0.2, -0.15) is 10.1 Å². The molecule has 1 aliphatic carbocycles. The molecule has 0 spiro atoms. The summed E-state index contributed by atoms with van der Waals surface area (Å²) < 4.78 is 0. The van der Waals surface area contributed by atoms with E-state index in [0.29, 0.717) is 5.95 Å². The molecule has 2 unspecified atom stereocenters. The Labute approximate surface area is 160 Å². The molecule has 2 rings (SSSR count). The molecule has 1 aliphatic rings. The fraction of sp³-hybridized carbons (Fsp3) is 0.474. The molecule has 0 saturated heterocycles. The molecule has 0 aliphatic heterocycles. The number of anilines is 2. The van der Waals surface area contributed by atoms with E-state index in [1.165, 1.54) is 6.08 Å². The Balaban J connectivity index is 2.03. The lowest BCUT2D eigenvalue weighted by Gasteiger charge is -2.30. The van der Waals surface area contributed by atoms with Gasteiger partial charge in [-0.3, -0.25) is 9.80 Å². The lowest BCUT2D eigenvalue weighted by molar-refractivity contribution is -0.117. The Hall–Kier alpha value is -2.90. The van der Waals surface area contributed by atoms with Crippen molar-refractivity contribution in [1.82, 2.24) is 20.3 Å². The molecule has 3 N–H and O–H groups in total. The van der Waals surface area contributed by atoms with Gasteiger partial charge in [0.05, 0.1) is 0 Å². The lowest BCUT2D eigenvalue weighted by Crippen LogP contribution is -2.41. The number of aromatic nitrogens is 2. The fourth-order valence-corrected chi connectivity index (χ4v) is 3.08. The highest BCUT2D eigenvalue weighted by molar-refractivity contribution is 5.87. The van der Waals surface area contributed by atoms with Gasteiger partial charge in [0.1, 0.15) is 5.82 Å². The minimum atomic E-state index is -0.119. The zero-order valence-electron chi connectivity index (χ0n) is 16.3. The lowest BCUT2D eigenvalue weighted by atomic mass is 9.91. The highest BCUT2D eigenvalue weighted by Gasteiger charge is 2.23. The van der Waals surface area contributed by atoms with Gasteiger partial charge < -0.3 is 16.0 Å². The molecule has 0 aromatic carbocycles. The van der Waals surface area contributed by atoms with E-state index in [1.807, 2.05) is 13.8 Å². The third kappa shape index (κ3) is 6.40. The van der Waals surface area contributed by atoms with Crippen LogP contribution in [0.5, 0.6) is 0 Å². The summed E-state index contributed by atoms with van der Waals surface area (Å²) >= 11 is 0. The van der Waals surface area contributed by atoms with Gasteiger partial charge in [-0.05, 0) is 45.6 Å². The van der Waals surface area contributed by atoms with E-state index in [2.05, 4.69) is 44.3 Å². The van der Waals surface area contributed by atoms with E-state index in [4.69, 9.17) is 0 Å². The number of carbonyl (C=O) groups is 1. The molecule has 0 bridgehead atoms. The quantitative estimate of drug-likeness (QED) is 0.369. The van der Waals surface area contributed by atoms with Crippen LogP contribution in [0.15, 0.2) is 35.9 Å². The molecule has 1 fully saturated rings. The predicted molar refractivity (Wildman–Crippen MR) is 109 cm³/mol. The van der Waals surface area contributed by atoms with Crippen molar-refractivity contribution in [2.75, 3.05) is 17.7 Å². The molecule has 0 radical (unpaired) electrons. The highest BCUT2D eigenvalue weighted by atomic mass is 16.1. The van der Waals surface area contributed by atoms with Crippen molar-refractivity contribution in [3.8, 4) is 0 Å². The van der Waals surface area contributed by atoms with Gasteiger partial charge in [0, 0.05) is 49.5 Å². The van der Waals surface area contributed by atoms with Crippen LogP contribution in [0.4, 0.5) is 11.8 Å². The summed E-state index contributed by atoms with van der Waals surface area (Å²) in [6.45, 7) is 10.9. The maximum Gasteiger partial charge on any atom is 0.243 e. The fourth-order valence-electron chi connectivity index (χ4n) is 3.08. The number of rotatable bonds is 8. The van der Waals surface area contributed by atoms with E-state index in [1.54, 1.807) is 24.5 Å². The van der Waals surface area contributed by atoms with Crippen LogP contribution in [0.25, 0.3) is 0 Å². The zero-order valence-corrected chi connectivity index (χ0v) is 16.3. The van der Waals surface area contributed by atoms with Crippen molar-refractivity contribution in [3.63, 3.8) is 0 Å². The molecule has 146 valence electrons. The number of allylic oxidation sites excluding steroid dienone is 1. The molecule has 27 heavy (non-hydrogen) atoms. The number of hydrogen-bond acceptors (Lipinski definition) is 7. The first-order valence-electron chi connectivity index (χ1n) is 9.09. The maximum absolute atomic E-state index is 11.5. The minimum absolute atomic E-state index is 0.119. The summed E-state index contributed by atoms with van der Waals surface area (Å²) in [7, 11) is 1.80. The second-order valence-electron chi connectivity index (χ2n) is 6.79. The standard InChI is InChI=1S/C19H29N7O/c1-6-17(27)23-15-8-7-9-16(10-15)24-18-13(2)11-21-19(25-18)22-14(3)12-26(5)20-4/h6,11-12,15-16H,1,4,7-10H2,2-3,5H3,(H,23,27)(H2,21,22,24,25)/b14-12+. The third-order valence-electron chi connectivity index (χ3n) is 4.43. The molecule has 1 aromatic heterocycles. The van der Waals surface area contributed by atoms with Crippen molar-refractivity contribution in [1.29, 1.82) is 0 Å². The second kappa shape index (κ2) is 9.70. The molecule has 8 nitrogen and oxygen atoms in total. The van der Waals surface area contributed by atoms with Gasteiger partial charge in [0.2, 0.25) is 11.9 Å². The van der Waals surface area contributed by atoms with Gasteiger partial charge in [-0.15, -0.1) is 0 Å². The van der Waals surface area contributed by atoms with Crippen LogP contribution >= 0.6 is 0 Å². The predicted octanol–water partition coefficient (Wildman–Crippen LogP) is 2.63. The first-order valence-corrected chi connectivity index (χ1v) is 9.09. The largest absolute Gasteiger partial charge is 0.367 e. The third-order valence-corrected chi connectivity index (χ3v) is 4.43. The molecule has 2 atom stereocenters. The van der Waals surface area contributed by atoms with Crippen molar-refractivity contribution in [2.24, 2.45) is 5.10 Å². The Morgan fingerprint density at radius 2 is 2.15 bits per heavy atom. The maximum atomic E-state index is 11.5. The van der Waals surface area contributed by atoms with Crippen LogP contribution in [-0.4, -0.2) is 46.7 Å². The molecular formula is C19H29N7O. The van der Waals surface area contributed by atoms with Crippen molar-refractivity contribution in [3.05, 3.63) is 36.3 Å². The van der Waals surface area contributed by atoms with E-state index in [9.17, 15) is 4.79 Å². The number of nitrogens with one attached hydrogen (secondary N) is 3. The van der Waals surface area contributed by atoms with Crippen LogP contribution in [0.2, 0.25) is 0 Å². The van der Waals surface area contributed by atoms with Crippen LogP contribution in [0.1, 0.15) is 38.2 Å². The van der Waals surface area contributed by atoms with Gasteiger partial charge in [0.15, 0.2) is 0 Å². The van der Waals surface area contributed by atoms with Gasteiger partial charge >= 0.3 is 0 Å². The number of amides is 1. The number of hydrazone groups is 1. The van der Waals surface area contributed by atoms with Gasteiger partial charge in [0.25, 0.3) is 0 Å². The average Bonchev–Trinajstić information content (AvgIpc) is 2.64. The van der Waals surface area contributed by atoms with Crippen LogP contribution in [0, 0.1) is 6.92 Å². The molecule has 1 heterocycles. The molecule has 1 amide bonds. The van der Waals surface area contributed by atoms with Gasteiger partial charge in [-0.25, -0.2) is 4.98 Å². The van der Waals surface area contributed by atoms with Crippen molar-refractivity contribution < 1.29 is 4.79 Å². The summed E-state index contributed by atoms with van der Waals surface area (Å²) in [5.41, 5.74) is 1.83. The zero-order chi connectivity index (χ0) is 19.8. The Bertz CT molecular complexity index is 716. The molecular weight excluding hydrogens is 342 g/mol. The first-order chi connectivity index (χ1) is 12.9. The monoisotopic (exact) mass is 371 g/mol. The van der Waals surface area contributed by atoms with E-state index >= 15 is 0 Å². The Kier molecular flexibility index (Phi) is 7.34. The second-order valence-corrected chi connectivity index (χ2v) is 6.79. The molecule has 1 aromatic rings. The molecule has 1 saturated carbocycles. The average molecular weight is 371 g/mol. The van der Waals surface area contributed by atoms with Crippen molar-refractivity contribution in [2.45, 2.75) is 51.6 Å². The van der Waals surface area contributed by atoms with E-state index in [0.717, 1.165) is 42.8 Å². The summed E-state index contributed by atoms with van der Waals surface area (Å²) in [5.74, 6) is 1.20. The van der Waals surface area contributed by atoms with Crippen LogP contribution in [-0.2, 0) is 4.79 Å². The minimum Gasteiger partial charge on any atom is -0.367 e. The van der Waals surface area contributed by atoms with E-state index < -0.39 is 0 Å². The van der Waals surface area contributed by atoms with Crippen molar-refractivity contribution >= 4 is 24.4 Å². The highest BCUT2D eigenvalue weighted by Crippen LogP contribution is 2.23. The summed E-state index contributed by atoms with van der Waals surface area (Å²) in [4.78, 5) is 20.5. The summed E-state index contributed by atoms with van der Waals surface area (Å²) in [5, 5.41) is 15.1. The van der Waals surface area contributed by atoms with Crippen LogP contribution in [0.3, 0.4) is 0 Å². The number of aryl methyl sites for hydroxylation is 1. The Morgan fingerprint density at radius 1 is 1.41 bits per heavy atom. The number of carbonyl (C=O) groups excluding carboxylic acids is 1. The van der Waals surface area contributed by atoms with Crippen LogP contribution < -0.4 is 16.0 Å². The molecule has 8 heteroatoms. The first kappa shape index (κ1) is 20.4. The summed E-state index contributed by atoms with van der Waals surface area (Å²) in [6, 6.07) is 0.414. The number of nitrogens with zero attached hydrogens (tertiary/aromatic N) is 4. The van der Waals surface area contributed by atoms with Gasteiger partial charge in [-0.1, -0.05) is 6.58 Å². The summed E-state index contributed by atoms with van der Waals surface area (Å²) in [6.07, 6.45) is 8.86. The smallest absolute Gasteiger partial charge is 0.243 e. The topological polar surface area (TPSA) is 94.5 Å². The normalized spacial score (nSPS) is 19.7. The number of hydrogen-bond donors (Lipinski definition) is 3.